The van der Waals surface area contributed by atoms with E-state index in [1.54, 1.807) is 18.5 Å². The zero-order chi connectivity index (χ0) is 20.1. The molecule has 0 spiro atoms. The molecule has 1 aliphatic rings. The highest BCUT2D eigenvalue weighted by Gasteiger charge is 2.19. The zero-order valence-electron chi connectivity index (χ0n) is 16.3. The Morgan fingerprint density at radius 1 is 1.03 bits per heavy atom. The van der Waals surface area contributed by atoms with Crippen molar-refractivity contribution in [3.63, 3.8) is 0 Å². The third-order valence-corrected chi connectivity index (χ3v) is 5.94. The number of amides is 2. The number of anilines is 2. The van der Waals surface area contributed by atoms with E-state index in [1.165, 1.54) is 30.6 Å². The minimum Gasteiger partial charge on any atom is -0.295 e. The number of rotatable bonds is 5. The largest absolute Gasteiger partial charge is 0.326 e. The average molecular weight is 409 g/mol. The topological polar surface area (TPSA) is 83.0 Å². The lowest BCUT2D eigenvalue weighted by molar-refractivity contribution is 0.172. The molecule has 4 rings (SSSR count). The first-order valence-electron chi connectivity index (χ1n) is 9.84. The van der Waals surface area contributed by atoms with Crippen LogP contribution in [0.15, 0.2) is 48.1 Å². The van der Waals surface area contributed by atoms with Crippen LogP contribution in [0, 0.1) is 0 Å². The first kappa shape index (κ1) is 19.5. The maximum absolute atomic E-state index is 12.4. The van der Waals surface area contributed by atoms with Crippen molar-refractivity contribution in [3.05, 3.63) is 53.8 Å². The van der Waals surface area contributed by atoms with E-state index in [0.29, 0.717) is 11.6 Å². The summed E-state index contributed by atoms with van der Waals surface area (Å²) in [5.74, 6) is 1.05. The third-order valence-electron chi connectivity index (χ3n) is 5.05. The van der Waals surface area contributed by atoms with Gasteiger partial charge in [0.1, 0.15) is 16.6 Å². The van der Waals surface area contributed by atoms with Gasteiger partial charge in [0.15, 0.2) is 0 Å². The number of nitrogens with zero attached hydrogens (tertiary/aromatic N) is 4. The SMILES string of the molecule is CC(c1cccc(NC(=O)Nc2csc(-c3ccncc3)n2)n1)N1CCCCC1. The Morgan fingerprint density at radius 3 is 2.59 bits per heavy atom. The van der Waals surface area contributed by atoms with E-state index in [-0.39, 0.29) is 12.1 Å². The van der Waals surface area contributed by atoms with Crippen LogP contribution in [0.1, 0.15) is 37.9 Å². The molecule has 3 aromatic heterocycles. The van der Waals surface area contributed by atoms with Crippen LogP contribution >= 0.6 is 11.3 Å². The second kappa shape index (κ2) is 9.11. The van der Waals surface area contributed by atoms with Gasteiger partial charge in [-0.05, 0) is 57.1 Å². The van der Waals surface area contributed by atoms with Gasteiger partial charge < -0.3 is 0 Å². The van der Waals surface area contributed by atoms with Crippen molar-refractivity contribution >= 4 is 29.0 Å². The van der Waals surface area contributed by atoms with E-state index >= 15 is 0 Å². The van der Waals surface area contributed by atoms with Gasteiger partial charge in [-0.3, -0.25) is 20.5 Å². The number of hydrogen-bond acceptors (Lipinski definition) is 6. The predicted molar refractivity (Wildman–Crippen MR) is 116 cm³/mol. The fraction of sp³-hybridized carbons (Fsp3) is 0.333. The van der Waals surface area contributed by atoms with Gasteiger partial charge in [-0.1, -0.05) is 12.5 Å². The van der Waals surface area contributed by atoms with Gasteiger partial charge in [-0.25, -0.2) is 14.8 Å². The highest BCUT2D eigenvalue weighted by molar-refractivity contribution is 7.13. The summed E-state index contributed by atoms with van der Waals surface area (Å²) >= 11 is 1.47. The number of piperidine rings is 1. The minimum absolute atomic E-state index is 0.238. The maximum atomic E-state index is 12.4. The Kier molecular flexibility index (Phi) is 6.12. The first-order chi connectivity index (χ1) is 14.2. The lowest BCUT2D eigenvalue weighted by Gasteiger charge is -2.32. The van der Waals surface area contributed by atoms with Crippen molar-refractivity contribution in [2.75, 3.05) is 23.7 Å². The minimum atomic E-state index is -0.355. The normalized spacial score (nSPS) is 15.6. The molecular formula is C21H24N6OS. The van der Waals surface area contributed by atoms with Crippen molar-refractivity contribution in [1.29, 1.82) is 0 Å². The van der Waals surface area contributed by atoms with Crippen LogP contribution in [0.3, 0.4) is 0 Å². The third kappa shape index (κ3) is 4.96. The van der Waals surface area contributed by atoms with E-state index in [9.17, 15) is 4.79 Å². The summed E-state index contributed by atoms with van der Waals surface area (Å²) in [6.07, 6.45) is 7.22. The van der Waals surface area contributed by atoms with Crippen LogP contribution in [0.2, 0.25) is 0 Å². The van der Waals surface area contributed by atoms with E-state index in [4.69, 9.17) is 0 Å². The molecule has 2 N–H and O–H groups in total. The number of urea groups is 1. The summed E-state index contributed by atoms with van der Waals surface area (Å²) < 4.78 is 0. The summed E-state index contributed by atoms with van der Waals surface area (Å²) in [5.41, 5.74) is 1.94. The predicted octanol–water partition coefficient (Wildman–Crippen LogP) is 4.79. The van der Waals surface area contributed by atoms with Gasteiger partial charge in [0.05, 0.1) is 5.69 Å². The number of hydrogen-bond donors (Lipinski definition) is 2. The quantitative estimate of drug-likeness (QED) is 0.634. The molecule has 4 heterocycles. The van der Waals surface area contributed by atoms with Gasteiger partial charge in [0.25, 0.3) is 0 Å². The van der Waals surface area contributed by atoms with Crippen LogP contribution in [0.4, 0.5) is 16.4 Å². The molecule has 1 unspecified atom stereocenters. The molecule has 7 nitrogen and oxygen atoms in total. The monoisotopic (exact) mass is 408 g/mol. The number of likely N-dealkylation sites (tertiary alicyclic amines) is 1. The smallest absolute Gasteiger partial charge is 0.295 e. The number of thiazole rings is 1. The molecule has 1 fully saturated rings. The molecule has 0 radical (unpaired) electrons. The van der Waals surface area contributed by atoms with Crippen LogP contribution in [0.25, 0.3) is 10.6 Å². The molecule has 0 saturated carbocycles. The molecule has 0 aliphatic carbocycles. The van der Waals surface area contributed by atoms with Crippen molar-refractivity contribution in [2.24, 2.45) is 0 Å². The standard InChI is InChI=1S/C21H24N6OS/c1-15(27-12-3-2-4-13-27)17-6-5-7-18(23-17)25-21(28)26-19-14-29-20(24-19)16-8-10-22-11-9-16/h5-11,14-15H,2-4,12-13H2,1H3,(H2,23,25,26,28). The van der Waals surface area contributed by atoms with E-state index in [0.717, 1.165) is 29.4 Å². The average Bonchev–Trinajstić information content (AvgIpc) is 3.23. The Morgan fingerprint density at radius 2 is 1.79 bits per heavy atom. The number of carbonyl (C=O) groups is 1. The molecule has 8 heteroatoms. The first-order valence-corrected chi connectivity index (χ1v) is 10.7. The van der Waals surface area contributed by atoms with Gasteiger partial charge in [0, 0.05) is 29.4 Å². The molecule has 29 heavy (non-hydrogen) atoms. The van der Waals surface area contributed by atoms with E-state index in [2.05, 4.69) is 37.4 Å². The Labute approximate surface area is 174 Å². The van der Waals surface area contributed by atoms with Crippen molar-refractivity contribution in [2.45, 2.75) is 32.2 Å². The molecule has 150 valence electrons. The van der Waals surface area contributed by atoms with Crippen LogP contribution in [-0.4, -0.2) is 39.0 Å². The second-order valence-corrected chi connectivity index (χ2v) is 7.93. The Balaban J connectivity index is 1.38. The van der Waals surface area contributed by atoms with Gasteiger partial charge in [-0.15, -0.1) is 11.3 Å². The number of aromatic nitrogens is 3. The van der Waals surface area contributed by atoms with Gasteiger partial charge in [0.2, 0.25) is 0 Å². The van der Waals surface area contributed by atoms with Crippen molar-refractivity contribution in [1.82, 2.24) is 19.9 Å². The summed E-state index contributed by atoms with van der Waals surface area (Å²) in [6.45, 7) is 4.38. The van der Waals surface area contributed by atoms with Gasteiger partial charge in [-0.2, -0.15) is 0 Å². The molecule has 3 aromatic rings. The number of nitrogens with one attached hydrogen (secondary N) is 2. The summed E-state index contributed by atoms with van der Waals surface area (Å²) in [6, 6.07) is 9.42. The van der Waals surface area contributed by atoms with Crippen LogP contribution in [0.5, 0.6) is 0 Å². The highest BCUT2D eigenvalue weighted by atomic mass is 32.1. The molecule has 1 atom stereocenters. The summed E-state index contributed by atoms with van der Waals surface area (Å²) in [5, 5.41) is 8.24. The number of pyridine rings is 2. The van der Waals surface area contributed by atoms with E-state index in [1.807, 2.05) is 29.6 Å². The molecule has 1 saturated heterocycles. The fourth-order valence-electron chi connectivity index (χ4n) is 3.47. The molecule has 0 bridgehead atoms. The fourth-order valence-corrected chi connectivity index (χ4v) is 4.23. The Bertz CT molecular complexity index is 955. The van der Waals surface area contributed by atoms with Crippen LogP contribution in [-0.2, 0) is 0 Å². The molecular weight excluding hydrogens is 384 g/mol. The van der Waals surface area contributed by atoms with Crippen LogP contribution < -0.4 is 10.6 Å². The molecule has 2 amide bonds. The highest BCUT2D eigenvalue weighted by Crippen LogP contribution is 2.26. The zero-order valence-corrected chi connectivity index (χ0v) is 17.2. The van der Waals surface area contributed by atoms with Crippen molar-refractivity contribution < 1.29 is 4.79 Å². The second-order valence-electron chi connectivity index (χ2n) is 7.07. The lowest BCUT2D eigenvalue weighted by Crippen LogP contribution is -2.32. The summed E-state index contributed by atoms with van der Waals surface area (Å²) in [4.78, 5) is 28.0. The van der Waals surface area contributed by atoms with Gasteiger partial charge >= 0.3 is 6.03 Å². The van der Waals surface area contributed by atoms with E-state index < -0.39 is 0 Å². The number of carbonyl (C=O) groups excluding carboxylic acids is 1. The van der Waals surface area contributed by atoms with Crippen molar-refractivity contribution in [3.8, 4) is 10.6 Å². The molecule has 1 aliphatic heterocycles. The Hall–Kier alpha value is -2.84. The molecule has 0 aromatic carbocycles. The maximum Gasteiger partial charge on any atom is 0.326 e. The lowest BCUT2D eigenvalue weighted by atomic mass is 10.1. The summed E-state index contributed by atoms with van der Waals surface area (Å²) in [7, 11) is 0.